The van der Waals surface area contributed by atoms with Gasteiger partial charge in [0, 0.05) is 11.2 Å². The Hall–Kier alpha value is -1.58. The molecular weight excluding hydrogens is 271 g/mol. The van der Waals surface area contributed by atoms with Crippen molar-refractivity contribution >= 4 is 34.8 Å². The number of pyridine rings is 1. The number of rotatable bonds is 2. The summed E-state index contributed by atoms with van der Waals surface area (Å²) in [6.45, 7) is 1.82. The predicted octanol–water partition coefficient (Wildman–Crippen LogP) is 3.95. The summed E-state index contributed by atoms with van der Waals surface area (Å²) < 4.78 is 0. The van der Waals surface area contributed by atoms with E-state index in [-0.39, 0.29) is 5.91 Å². The smallest absolute Gasteiger partial charge is 0.257 e. The van der Waals surface area contributed by atoms with Crippen molar-refractivity contribution in [3.63, 3.8) is 0 Å². The zero-order chi connectivity index (χ0) is 13.1. The van der Waals surface area contributed by atoms with Gasteiger partial charge in [0.05, 0.1) is 22.0 Å². The van der Waals surface area contributed by atoms with E-state index in [0.29, 0.717) is 21.3 Å². The van der Waals surface area contributed by atoms with E-state index >= 15 is 0 Å². The van der Waals surface area contributed by atoms with Gasteiger partial charge in [-0.3, -0.25) is 9.78 Å². The van der Waals surface area contributed by atoms with Gasteiger partial charge in [0.15, 0.2) is 0 Å². The second-order valence-corrected chi connectivity index (χ2v) is 4.56. The maximum atomic E-state index is 12.0. The third-order valence-electron chi connectivity index (χ3n) is 2.43. The van der Waals surface area contributed by atoms with Gasteiger partial charge in [0.2, 0.25) is 0 Å². The average molecular weight is 281 g/mol. The van der Waals surface area contributed by atoms with Crippen molar-refractivity contribution in [2.75, 3.05) is 5.32 Å². The summed E-state index contributed by atoms with van der Waals surface area (Å²) in [5.41, 5.74) is 1.79. The molecule has 5 heteroatoms. The van der Waals surface area contributed by atoms with E-state index in [9.17, 15) is 4.79 Å². The lowest BCUT2D eigenvalue weighted by Crippen LogP contribution is -2.13. The first-order chi connectivity index (χ1) is 8.58. The van der Waals surface area contributed by atoms with Gasteiger partial charge in [-0.2, -0.15) is 0 Å². The van der Waals surface area contributed by atoms with Crippen LogP contribution in [-0.4, -0.2) is 10.9 Å². The number of halogens is 2. The highest BCUT2D eigenvalue weighted by Gasteiger charge is 2.11. The number of hydrogen-bond acceptors (Lipinski definition) is 2. The third-order valence-corrected chi connectivity index (χ3v) is 2.98. The predicted molar refractivity (Wildman–Crippen MR) is 73.4 cm³/mol. The highest BCUT2D eigenvalue weighted by molar-refractivity contribution is 6.37. The molecule has 92 valence electrons. The van der Waals surface area contributed by atoms with E-state index < -0.39 is 0 Å². The van der Waals surface area contributed by atoms with Crippen LogP contribution in [0.2, 0.25) is 10.0 Å². The monoisotopic (exact) mass is 280 g/mol. The minimum Gasteiger partial charge on any atom is -0.320 e. The summed E-state index contributed by atoms with van der Waals surface area (Å²) in [7, 11) is 0. The van der Waals surface area contributed by atoms with Crippen molar-refractivity contribution in [2.24, 2.45) is 0 Å². The van der Waals surface area contributed by atoms with Gasteiger partial charge in [-0.25, -0.2) is 0 Å². The van der Waals surface area contributed by atoms with Crippen LogP contribution in [-0.2, 0) is 0 Å². The largest absolute Gasteiger partial charge is 0.320 e. The molecule has 2 rings (SSSR count). The Labute approximate surface area is 115 Å². The molecule has 1 amide bonds. The van der Waals surface area contributed by atoms with E-state index in [1.807, 2.05) is 6.92 Å². The first kappa shape index (κ1) is 12.9. The summed E-state index contributed by atoms with van der Waals surface area (Å²) in [4.78, 5) is 16.1. The van der Waals surface area contributed by atoms with Crippen LogP contribution in [0.3, 0.4) is 0 Å². The molecule has 0 aliphatic carbocycles. The molecule has 3 nitrogen and oxygen atoms in total. The Kier molecular flexibility index (Phi) is 3.84. The van der Waals surface area contributed by atoms with E-state index in [1.165, 1.54) is 6.07 Å². The van der Waals surface area contributed by atoms with Crippen molar-refractivity contribution in [1.82, 2.24) is 4.98 Å². The molecule has 1 heterocycles. The molecule has 0 unspecified atom stereocenters. The molecule has 2 aromatic rings. The van der Waals surface area contributed by atoms with Gasteiger partial charge >= 0.3 is 0 Å². The molecule has 18 heavy (non-hydrogen) atoms. The molecule has 0 saturated heterocycles. The molecule has 1 aromatic carbocycles. The lowest BCUT2D eigenvalue weighted by atomic mass is 10.2. The number of benzene rings is 1. The van der Waals surface area contributed by atoms with E-state index in [1.54, 1.807) is 30.5 Å². The maximum absolute atomic E-state index is 12.0. The minimum atomic E-state index is -0.284. The van der Waals surface area contributed by atoms with E-state index in [0.717, 1.165) is 5.69 Å². The topological polar surface area (TPSA) is 42.0 Å². The van der Waals surface area contributed by atoms with E-state index in [4.69, 9.17) is 23.2 Å². The molecule has 0 saturated carbocycles. The lowest BCUT2D eigenvalue weighted by Gasteiger charge is -2.08. The molecule has 1 aromatic heterocycles. The number of nitrogens with zero attached hydrogens (tertiary/aromatic N) is 1. The van der Waals surface area contributed by atoms with Crippen molar-refractivity contribution in [2.45, 2.75) is 6.92 Å². The van der Waals surface area contributed by atoms with Crippen molar-refractivity contribution in [1.29, 1.82) is 0 Å². The number of carbonyl (C=O) groups is 1. The van der Waals surface area contributed by atoms with Crippen LogP contribution in [0.1, 0.15) is 16.1 Å². The number of amides is 1. The summed E-state index contributed by atoms with van der Waals surface area (Å²) in [6, 6.07) is 8.29. The summed E-state index contributed by atoms with van der Waals surface area (Å²) in [5, 5.41) is 3.57. The first-order valence-corrected chi connectivity index (χ1v) is 6.01. The second kappa shape index (κ2) is 5.38. The van der Waals surface area contributed by atoms with Gasteiger partial charge in [0.1, 0.15) is 0 Å². The highest BCUT2D eigenvalue weighted by atomic mass is 35.5. The fourth-order valence-corrected chi connectivity index (χ4v) is 1.97. The zero-order valence-corrected chi connectivity index (χ0v) is 11.1. The maximum Gasteiger partial charge on any atom is 0.257 e. The van der Waals surface area contributed by atoms with Crippen molar-refractivity contribution in [3.8, 4) is 0 Å². The molecular formula is C13H10Cl2N2O. The summed E-state index contributed by atoms with van der Waals surface area (Å²) >= 11 is 11.8. The molecule has 0 radical (unpaired) electrons. The number of anilines is 1. The SMILES string of the molecule is Cc1ncccc1NC(=O)c1ccc(Cl)cc1Cl. The molecule has 0 bridgehead atoms. The molecule has 0 spiro atoms. The Bertz CT molecular complexity index is 599. The van der Waals surface area contributed by atoms with E-state index in [2.05, 4.69) is 10.3 Å². The van der Waals surface area contributed by atoms with Gasteiger partial charge in [-0.1, -0.05) is 23.2 Å². The summed E-state index contributed by atoms with van der Waals surface area (Å²) in [6.07, 6.45) is 1.67. The average Bonchev–Trinajstić information content (AvgIpc) is 2.32. The van der Waals surface area contributed by atoms with Gasteiger partial charge in [0.25, 0.3) is 5.91 Å². The van der Waals surface area contributed by atoms with Crippen LogP contribution in [0, 0.1) is 6.92 Å². The molecule has 0 aliphatic heterocycles. The second-order valence-electron chi connectivity index (χ2n) is 3.71. The fraction of sp³-hybridized carbons (Fsp3) is 0.0769. The number of nitrogens with one attached hydrogen (secondary N) is 1. The van der Waals surface area contributed by atoms with Crippen LogP contribution in [0.25, 0.3) is 0 Å². The number of carbonyl (C=O) groups excluding carboxylic acids is 1. The normalized spacial score (nSPS) is 10.2. The van der Waals surface area contributed by atoms with Gasteiger partial charge in [-0.15, -0.1) is 0 Å². The molecule has 1 N–H and O–H groups in total. The minimum absolute atomic E-state index is 0.284. The van der Waals surface area contributed by atoms with Crippen LogP contribution in [0.5, 0.6) is 0 Å². The first-order valence-electron chi connectivity index (χ1n) is 5.26. The van der Waals surface area contributed by atoms with Crippen molar-refractivity contribution < 1.29 is 4.79 Å². The molecule has 0 atom stereocenters. The number of aromatic nitrogens is 1. The Balaban J connectivity index is 2.25. The van der Waals surface area contributed by atoms with Crippen LogP contribution < -0.4 is 5.32 Å². The molecule has 0 aliphatic rings. The fourth-order valence-electron chi connectivity index (χ4n) is 1.48. The number of hydrogen-bond donors (Lipinski definition) is 1. The van der Waals surface area contributed by atoms with Crippen LogP contribution >= 0.6 is 23.2 Å². The van der Waals surface area contributed by atoms with Crippen LogP contribution in [0.4, 0.5) is 5.69 Å². The number of aryl methyl sites for hydroxylation is 1. The van der Waals surface area contributed by atoms with Crippen molar-refractivity contribution in [3.05, 3.63) is 57.8 Å². The Morgan fingerprint density at radius 1 is 1.28 bits per heavy atom. The third kappa shape index (κ3) is 2.81. The summed E-state index contributed by atoms with van der Waals surface area (Å²) in [5.74, 6) is -0.284. The Morgan fingerprint density at radius 3 is 2.72 bits per heavy atom. The quantitative estimate of drug-likeness (QED) is 0.905. The van der Waals surface area contributed by atoms with Gasteiger partial charge in [-0.05, 0) is 37.3 Å². The zero-order valence-electron chi connectivity index (χ0n) is 9.58. The van der Waals surface area contributed by atoms with Gasteiger partial charge < -0.3 is 5.32 Å². The lowest BCUT2D eigenvalue weighted by molar-refractivity contribution is 0.102. The molecule has 0 fully saturated rings. The Morgan fingerprint density at radius 2 is 2.06 bits per heavy atom. The highest BCUT2D eigenvalue weighted by Crippen LogP contribution is 2.22. The standard InChI is InChI=1S/C13H10Cl2N2O/c1-8-12(3-2-6-16-8)17-13(18)10-5-4-9(14)7-11(10)15/h2-7H,1H3,(H,17,18). The van der Waals surface area contributed by atoms with Crippen LogP contribution in [0.15, 0.2) is 36.5 Å².